The Bertz CT molecular complexity index is 1500. The molecule has 1 amide bonds. The molecule has 0 aromatic carbocycles. The van der Waals surface area contributed by atoms with Gasteiger partial charge in [0.15, 0.2) is 17.5 Å². The van der Waals surface area contributed by atoms with Crippen LogP contribution in [0.3, 0.4) is 0 Å². The first-order valence-electron chi connectivity index (χ1n) is 13.9. The second-order valence-electron chi connectivity index (χ2n) is 11.2. The molecule has 2 N–H and O–H groups in total. The number of carbonyl (C=O) groups excluding carboxylic acids is 1. The monoisotopic (exact) mass is 543 g/mol. The first-order valence-corrected chi connectivity index (χ1v) is 13.9. The van der Waals surface area contributed by atoms with Gasteiger partial charge in [-0.3, -0.25) is 9.89 Å². The van der Waals surface area contributed by atoms with Gasteiger partial charge < -0.3 is 10.2 Å². The van der Waals surface area contributed by atoms with Crippen LogP contribution >= 0.6 is 0 Å². The molecule has 1 atom stereocenters. The zero-order valence-corrected chi connectivity index (χ0v) is 23.1. The fourth-order valence-electron chi connectivity index (χ4n) is 6.20. The standard InChI is InChI=1S/C29H34FN9O/c1-18-13-24(34-25-14-19(2)36-37-25)35-27(33-18)21-7-10-29(11-8-21)9-4-12-38(28(29)40)20(3)22-5-6-26(31-15-22)39-17-23(30)16-32-39/h5-6,13-17,20-21H,4,7-12H2,1-3H3,(H2,33,34,35,36,37)/t20-,21?,29?/m0/s1. The van der Waals surface area contributed by atoms with E-state index in [9.17, 15) is 9.18 Å². The van der Waals surface area contributed by atoms with Crippen LogP contribution in [0.2, 0.25) is 0 Å². The van der Waals surface area contributed by atoms with Gasteiger partial charge in [-0.25, -0.2) is 24.0 Å². The Labute approximate surface area is 232 Å². The number of aromatic amines is 1. The summed E-state index contributed by atoms with van der Waals surface area (Å²) in [6.07, 6.45) is 9.54. The van der Waals surface area contributed by atoms with Crippen molar-refractivity contribution in [2.75, 3.05) is 11.9 Å². The molecule has 6 rings (SSSR count). The summed E-state index contributed by atoms with van der Waals surface area (Å²) in [6, 6.07) is 7.53. The molecule has 1 aliphatic carbocycles. The maximum absolute atomic E-state index is 14.0. The highest BCUT2D eigenvalue weighted by atomic mass is 19.1. The van der Waals surface area contributed by atoms with Gasteiger partial charge in [-0.05, 0) is 70.9 Å². The first-order chi connectivity index (χ1) is 19.3. The number of halogens is 1. The van der Waals surface area contributed by atoms with E-state index in [-0.39, 0.29) is 23.3 Å². The summed E-state index contributed by atoms with van der Waals surface area (Å²) in [4.78, 5) is 30.0. The van der Waals surface area contributed by atoms with E-state index in [0.29, 0.717) is 5.82 Å². The highest BCUT2D eigenvalue weighted by Crippen LogP contribution is 2.49. The summed E-state index contributed by atoms with van der Waals surface area (Å²) in [7, 11) is 0. The van der Waals surface area contributed by atoms with Gasteiger partial charge in [0.1, 0.15) is 11.6 Å². The number of nitrogens with zero attached hydrogens (tertiary/aromatic N) is 7. The number of anilines is 2. The van der Waals surface area contributed by atoms with Crippen molar-refractivity contribution in [2.45, 2.75) is 71.3 Å². The Balaban J connectivity index is 1.13. The molecule has 0 unspecified atom stereocenters. The fourth-order valence-corrected chi connectivity index (χ4v) is 6.20. The van der Waals surface area contributed by atoms with Crippen LogP contribution in [0.15, 0.2) is 42.9 Å². The molecule has 5 heterocycles. The third-order valence-electron chi connectivity index (χ3n) is 8.42. The number of pyridine rings is 1. The average molecular weight is 544 g/mol. The van der Waals surface area contributed by atoms with Crippen LogP contribution in [0.4, 0.5) is 16.0 Å². The van der Waals surface area contributed by atoms with Gasteiger partial charge >= 0.3 is 0 Å². The summed E-state index contributed by atoms with van der Waals surface area (Å²) in [5.41, 5.74) is 2.51. The molecule has 208 valence electrons. The Kier molecular flexibility index (Phi) is 6.81. The topological polar surface area (TPSA) is 118 Å². The number of nitrogens with one attached hydrogen (secondary N) is 2. The van der Waals surface area contributed by atoms with Crippen molar-refractivity contribution in [3.63, 3.8) is 0 Å². The number of aromatic nitrogens is 7. The molecule has 10 nitrogen and oxygen atoms in total. The maximum Gasteiger partial charge on any atom is 0.229 e. The molecule has 2 aliphatic rings. The predicted molar refractivity (Wildman–Crippen MR) is 148 cm³/mol. The summed E-state index contributed by atoms with van der Waals surface area (Å²) in [6.45, 7) is 6.73. The summed E-state index contributed by atoms with van der Waals surface area (Å²) in [5, 5.41) is 14.4. The normalized spacial score (nSPS) is 22.1. The lowest BCUT2D eigenvalue weighted by atomic mass is 9.65. The van der Waals surface area contributed by atoms with E-state index in [0.717, 1.165) is 85.7 Å². The van der Waals surface area contributed by atoms with Crippen LogP contribution in [0, 0.1) is 25.1 Å². The second-order valence-corrected chi connectivity index (χ2v) is 11.2. The average Bonchev–Trinajstić information content (AvgIpc) is 3.57. The van der Waals surface area contributed by atoms with E-state index < -0.39 is 5.82 Å². The molecule has 0 radical (unpaired) electrons. The Morgan fingerprint density at radius 1 is 1.10 bits per heavy atom. The molecular formula is C29H34FN9O. The molecule has 1 saturated carbocycles. The molecule has 11 heteroatoms. The van der Waals surface area contributed by atoms with Gasteiger partial charge in [-0.15, -0.1) is 0 Å². The summed E-state index contributed by atoms with van der Waals surface area (Å²) >= 11 is 0. The number of piperidine rings is 1. The van der Waals surface area contributed by atoms with Crippen molar-refractivity contribution in [1.29, 1.82) is 0 Å². The van der Waals surface area contributed by atoms with Gasteiger partial charge in [0.25, 0.3) is 0 Å². The zero-order valence-electron chi connectivity index (χ0n) is 23.1. The summed E-state index contributed by atoms with van der Waals surface area (Å²) in [5.74, 6) is 2.89. The highest BCUT2D eigenvalue weighted by Gasteiger charge is 2.47. The Morgan fingerprint density at radius 3 is 2.60 bits per heavy atom. The van der Waals surface area contributed by atoms with Crippen molar-refractivity contribution in [2.24, 2.45) is 5.41 Å². The van der Waals surface area contributed by atoms with E-state index in [2.05, 4.69) is 32.5 Å². The Morgan fingerprint density at radius 2 is 1.93 bits per heavy atom. The number of amides is 1. The molecule has 1 spiro atoms. The lowest BCUT2D eigenvalue weighted by Gasteiger charge is -2.47. The van der Waals surface area contributed by atoms with Crippen LogP contribution in [-0.2, 0) is 4.79 Å². The molecule has 40 heavy (non-hydrogen) atoms. The van der Waals surface area contributed by atoms with Crippen LogP contribution in [0.1, 0.15) is 80.2 Å². The number of hydrogen-bond acceptors (Lipinski definition) is 7. The van der Waals surface area contributed by atoms with Crippen LogP contribution < -0.4 is 5.32 Å². The van der Waals surface area contributed by atoms with Gasteiger partial charge in [-0.2, -0.15) is 10.2 Å². The Hall–Kier alpha value is -4.15. The summed E-state index contributed by atoms with van der Waals surface area (Å²) < 4.78 is 14.8. The third-order valence-corrected chi connectivity index (χ3v) is 8.42. The number of likely N-dealkylation sites (tertiary alicyclic amines) is 1. The molecular weight excluding hydrogens is 509 g/mol. The van der Waals surface area contributed by atoms with Crippen molar-refractivity contribution in [3.8, 4) is 5.82 Å². The van der Waals surface area contributed by atoms with Crippen LogP contribution in [-0.4, -0.2) is 52.3 Å². The molecule has 0 bridgehead atoms. The molecule has 4 aromatic rings. The number of H-pyrrole nitrogens is 1. The molecule has 1 aliphatic heterocycles. The minimum Gasteiger partial charge on any atom is -0.335 e. The van der Waals surface area contributed by atoms with E-state index >= 15 is 0 Å². The van der Waals surface area contributed by atoms with E-state index in [1.54, 1.807) is 6.20 Å². The van der Waals surface area contributed by atoms with E-state index in [1.165, 1.54) is 10.9 Å². The van der Waals surface area contributed by atoms with Crippen molar-refractivity contribution in [3.05, 3.63) is 71.4 Å². The van der Waals surface area contributed by atoms with Gasteiger partial charge in [0.05, 0.1) is 18.4 Å². The van der Waals surface area contributed by atoms with E-state index in [4.69, 9.17) is 9.97 Å². The SMILES string of the molecule is Cc1cc(Nc2cc(C)[nH]n2)nc(C2CCC3(CCCN([C@@H](C)c4ccc(-n5cc(F)cn5)nc4)C3=O)CC2)n1. The molecule has 1 saturated heterocycles. The number of hydrogen-bond donors (Lipinski definition) is 2. The highest BCUT2D eigenvalue weighted by molar-refractivity contribution is 5.84. The van der Waals surface area contributed by atoms with Crippen LogP contribution in [0.25, 0.3) is 5.82 Å². The zero-order chi connectivity index (χ0) is 27.9. The van der Waals surface area contributed by atoms with Crippen LogP contribution in [0.5, 0.6) is 0 Å². The van der Waals surface area contributed by atoms with Crippen molar-refractivity contribution < 1.29 is 9.18 Å². The van der Waals surface area contributed by atoms with Crippen molar-refractivity contribution in [1.82, 2.24) is 39.8 Å². The number of carbonyl (C=O) groups is 1. The second kappa shape index (κ2) is 10.4. The predicted octanol–water partition coefficient (Wildman–Crippen LogP) is 5.31. The molecule has 2 fully saturated rings. The lowest BCUT2D eigenvalue weighted by molar-refractivity contribution is -0.151. The first kappa shape index (κ1) is 26.1. The number of rotatable bonds is 6. The van der Waals surface area contributed by atoms with Crippen molar-refractivity contribution >= 4 is 17.5 Å². The fraction of sp³-hybridized carbons (Fsp3) is 0.448. The van der Waals surface area contributed by atoms with Gasteiger partial charge in [-0.1, -0.05) is 6.07 Å². The van der Waals surface area contributed by atoms with Gasteiger partial charge in [0, 0.05) is 47.6 Å². The molecule has 4 aromatic heterocycles. The third kappa shape index (κ3) is 5.07. The maximum atomic E-state index is 14.0. The minimum absolute atomic E-state index is 0.0993. The minimum atomic E-state index is -0.409. The number of aryl methyl sites for hydroxylation is 2. The quantitative estimate of drug-likeness (QED) is 0.339. The lowest BCUT2D eigenvalue weighted by Crippen LogP contribution is -2.50. The largest absolute Gasteiger partial charge is 0.335 e. The smallest absolute Gasteiger partial charge is 0.229 e. The van der Waals surface area contributed by atoms with E-state index in [1.807, 2.05) is 43.0 Å². The van der Waals surface area contributed by atoms with Gasteiger partial charge in [0.2, 0.25) is 5.91 Å².